The highest BCUT2D eigenvalue weighted by Gasteiger charge is 2.28. The zero-order valence-corrected chi connectivity index (χ0v) is 12.9. The second-order valence-electron chi connectivity index (χ2n) is 6.19. The third-order valence-electron chi connectivity index (χ3n) is 4.50. The second-order valence-corrected chi connectivity index (χ2v) is 6.19. The Morgan fingerprint density at radius 3 is 2.17 bits per heavy atom. The molecule has 1 unspecified atom stereocenters. The van der Waals surface area contributed by atoms with Crippen molar-refractivity contribution < 1.29 is 0 Å². The molecule has 1 atom stereocenters. The van der Waals surface area contributed by atoms with E-state index in [0.717, 1.165) is 13.1 Å². The minimum absolute atomic E-state index is 0.479. The molecule has 0 aromatic rings. The summed E-state index contributed by atoms with van der Waals surface area (Å²) >= 11 is 0. The molecular formula is C17H33N. The molecule has 0 radical (unpaired) electrons. The van der Waals surface area contributed by atoms with E-state index in [0.29, 0.717) is 5.41 Å². The largest absolute Gasteiger partial charge is 0.310 e. The predicted molar refractivity (Wildman–Crippen MR) is 82.0 cm³/mol. The Balaban J connectivity index is 2.44. The highest BCUT2D eigenvalue weighted by molar-refractivity contribution is 5.19. The molecular weight excluding hydrogens is 218 g/mol. The second kappa shape index (κ2) is 8.74. The van der Waals surface area contributed by atoms with Gasteiger partial charge in [0.1, 0.15) is 0 Å². The topological polar surface area (TPSA) is 12.0 Å². The van der Waals surface area contributed by atoms with Gasteiger partial charge >= 0.3 is 0 Å². The normalized spacial score (nSPS) is 18.7. The van der Waals surface area contributed by atoms with Crippen LogP contribution in [-0.4, -0.2) is 13.1 Å². The Labute approximate surface area is 114 Å². The van der Waals surface area contributed by atoms with Gasteiger partial charge in [0.05, 0.1) is 0 Å². The molecule has 0 saturated carbocycles. The van der Waals surface area contributed by atoms with Gasteiger partial charge in [-0.3, -0.25) is 0 Å². The fraction of sp³-hybridized carbons (Fsp3) is 0.882. The molecule has 0 saturated heterocycles. The molecule has 1 aliphatic heterocycles. The van der Waals surface area contributed by atoms with Gasteiger partial charge in [-0.05, 0) is 18.3 Å². The van der Waals surface area contributed by atoms with Gasteiger partial charge in [0, 0.05) is 13.1 Å². The van der Waals surface area contributed by atoms with E-state index in [-0.39, 0.29) is 0 Å². The number of hydrogen-bond acceptors (Lipinski definition) is 1. The molecule has 0 spiro atoms. The maximum absolute atomic E-state index is 3.48. The third kappa shape index (κ3) is 5.14. The van der Waals surface area contributed by atoms with Gasteiger partial charge in [-0.15, -0.1) is 0 Å². The summed E-state index contributed by atoms with van der Waals surface area (Å²) in [6.45, 7) is 9.33. The van der Waals surface area contributed by atoms with E-state index >= 15 is 0 Å². The van der Waals surface area contributed by atoms with Crippen LogP contribution in [0.1, 0.15) is 78.6 Å². The van der Waals surface area contributed by atoms with Gasteiger partial charge in [0.2, 0.25) is 0 Å². The van der Waals surface area contributed by atoms with Crippen molar-refractivity contribution in [1.29, 1.82) is 0 Å². The minimum atomic E-state index is 0.479. The molecule has 18 heavy (non-hydrogen) atoms. The van der Waals surface area contributed by atoms with Crippen LogP contribution in [0.5, 0.6) is 0 Å². The van der Waals surface area contributed by atoms with Crippen molar-refractivity contribution in [3.8, 4) is 0 Å². The van der Waals surface area contributed by atoms with Crippen LogP contribution in [0.2, 0.25) is 0 Å². The number of nitrogens with one attached hydrogen (secondary N) is 1. The molecule has 1 nitrogen and oxygen atoms in total. The van der Waals surface area contributed by atoms with E-state index in [9.17, 15) is 0 Å². The van der Waals surface area contributed by atoms with E-state index in [1.807, 2.05) is 0 Å². The average molecular weight is 251 g/mol. The summed E-state index contributed by atoms with van der Waals surface area (Å²) in [5.41, 5.74) is 2.17. The lowest BCUT2D eigenvalue weighted by Gasteiger charge is -2.31. The van der Waals surface area contributed by atoms with Gasteiger partial charge in [-0.25, -0.2) is 0 Å². The summed E-state index contributed by atoms with van der Waals surface area (Å²) < 4.78 is 0. The Bertz CT molecular complexity index is 244. The van der Waals surface area contributed by atoms with Crippen molar-refractivity contribution >= 4 is 0 Å². The maximum Gasteiger partial charge on any atom is 0.0173 e. The van der Waals surface area contributed by atoms with Crippen molar-refractivity contribution in [3.05, 3.63) is 11.6 Å². The van der Waals surface area contributed by atoms with Crippen LogP contribution in [0, 0.1) is 5.41 Å². The molecule has 0 bridgehead atoms. The molecule has 1 aliphatic rings. The molecule has 0 fully saturated rings. The van der Waals surface area contributed by atoms with Gasteiger partial charge in [0.15, 0.2) is 0 Å². The summed E-state index contributed by atoms with van der Waals surface area (Å²) in [6, 6.07) is 0. The number of rotatable bonds is 10. The average Bonchev–Trinajstić information content (AvgIpc) is 2.89. The van der Waals surface area contributed by atoms with Crippen LogP contribution in [0.15, 0.2) is 11.6 Å². The summed E-state index contributed by atoms with van der Waals surface area (Å²) in [4.78, 5) is 0. The highest BCUT2D eigenvalue weighted by Crippen LogP contribution is 2.39. The Morgan fingerprint density at radius 1 is 1.00 bits per heavy atom. The van der Waals surface area contributed by atoms with Gasteiger partial charge in [0.25, 0.3) is 0 Å². The molecule has 1 heteroatoms. The first-order valence-corrected chi connectivity index (χ1v) is 8.13. The highest BCUT2D eigenvalue weighted by atomic mass is 14.9. The Kier molecular flexibility index (Phi) is 7.65. The lowest BCUT2D eigenvalue weighted by molar-refractivity contribution is 0.305. The number of unbranched alkanes of at least 4 members (excludes halogenated alkanes) is 5. The van der Waals surface area contributed by atoms with Crippen molar-refractivity contribution in [2.75, 3.05) is 13.1 Å². The molecule has 1 heterocycles. The van der Waals surface area contributed by atoms with Crippen molar-refractivity contribution in [3.63, 3.8) is 0 Å². The summed E-state index contributed by atoms with van der Waals surface area (Å²) in [5, 5.41) is 3.48. The Morgan fingerprint density at radius 2 is 1.61 bits per heavy atom. The standard InChI is InChI=1S/C17H33N/c1-4-6-8-10-13-17(3,12-9-7-5-2)16-11-14-18-15-16/h11,18H,4-10,12-15H2,1-3H3. The molecule has 0 aromatic carbocycles. The monoisotopic (exact) mass is 251 g/mol. The summed E-state index contributed by atoms with van der Waals surface area (Å²) in [6.07, 6.45) is 14.9. The quantitative estimate of drug-likeness (QED) is 0.422. The first-order valence-electron chi connectivity index (χ1n) is 8.13. The minimum Gasteiger partial charge on any atom is -0.310 e. The lowest BCUT2D eigenvalue weighted by Crippen LogP contribution is -2.23. The van der Waals surface area contributed by atoms with Crippen LogP contribution in [0.3, 0.4) is 0 Å². The van der Waals surface area contributed by atoms with E-state index in [4.69, 9.17) is 0 Å². The van der Waals surface area contributed by atoms with E-state index in [2.05, 4.69) is 32.2 Å². The first-order chi connectivity index (χ1) is 8.73. The maximum atomic E-state index is 3.48. The van der Waals surface area contributed by atoms with Gasteiger partial charge < -0.3 is 5.32 Å². The van der Waals surface area contributed by atoms with Crippen LogP contribution in [0.4, 0.5) is 0 Å². The SMILES string of the molecule is CCCCCCC(C)(CCCCC)C1=CCNC1. The fourth-order valence-corrected chi connectivity index (χ4v) is 3.09. The lowest BCUT2D eigenvalue weighted by atomic mass is 9.74. The summed E-state index contributed by atoms with van der Waals surface area (Å²) in [7, 11) is 0. The summed E-state index contributed by atoms with van der Waals surface area (Å²) in [5.74, 6) is 0. The van der Waals surface area contributed by atoms with Gasteiger partial charge in [-0.2, -0.15) is 0 Å². The molecule has 106 valence electrons. The molecule has 1 rings (SSSR count). The van der Waals surface area contributed by atoms with E-state index in [1.165, 1.54) is 57.8 Å². The van der Waals surface area contributed by atoms with Crippen LogP contribution >= 0.6 is 0 Å². The first kappa shape index (κ1) is 15.8. The van der Waals surface area contributed by atoms with Crippen LogP contribution < -0.4 is 5.32 Å². The molecule has 0 amide bonds. The van der Waals surface area contributed by atoms with Crippen LogP contribution in [-0.2, 0) is 0 Å². The van der Waals surface area contributed by atoms with E-state index in [1.54, 1.807) is 5.57 Å². The number of hydrogen-bond donors (Lipinski definition) is 1. The fourth-order valence-electron chi connectivity index (χ4n) is 3.09. The van der Waals surface area contributed by atoms with Crippen molar-refractivity contribution in [2.45, 2.75) is 78.6 Å². The Hall–Kier alpha value is -0.300. The van der Waals surface area contributed by atoms with Crippen molar-refractivity contribution in [1.82, 2.24) is 5.32 Å². The molecule has 0 aliphatic carbocycles. The van der Waals surface area contributed by atoms with Crippen molar-refractivity contribution in [2.24, 2.45) is 5.41 Å². The van der Waals surface area contributed by atoms with Gasteiger partial charge in [-0.1, -0.05) is 77.4 Å². The third-order valence-corrected chi connectivity index (χ3v) is 4.50. The zero-order valence-electron chi connectivity index (χ0n) is 12.9. The smallest absolute Gasteiger partial charge is 0.0173 e. The predicted octanol–water partition coefficient (Wildman–Crippen LogP) is 5.07. The van der Waals surface area contributed by atoms with E-state index < -0.39 is 0 Å². The van der Waals surface area contributed by atoms with Crippen LogP contribution in [0.25, 0.3) is 0 Å². The zero-order chi connectivity index (χ0) is 13.3. The molecule has 0 aromatic heterocycles. The molecule has 1 N–H and O–H groups in total.